The van der Waals surface area contributed by atoms with Gasteiger partial charge in [-0.15, -0.1) is 0 Å². The molecule has 1 N–H and O–H groups in total. The Morgan fingerprint density at radius 2 is 1.61 bits per heavy atom. The van der Waals surface area contributed by atoms with Crippen molar-refractivity contribution < 1.29 is 18.0 Å². The first-order valence-electron chi connectivity index (χ1n) is 12.5. The van der Waals surface area contributed by atoms with E-state index >= 15 is 0 Å². The molecule has 0 saturated heterocycles. The van der Waals surface area contributed by atoms with Gasteiger partial charge in [0.15, 0.2) is 0 Å². The highest BCUT2D eigenvalue weighted by Crippen LogP contribution is 2.26. The molecule has 0 heterocycles. The molecule has 0 aromatic heterocycles. The molecule has 3 aromatic carbocycles. The quantitative estimate of drug-likeness (QED) is 0.353. The summed E-state index contributed by atoms with van der Waals surface area (Å²) in [4.78, 5) is 28.4. The number of amides is 2. The van der Waals surface area contributed by atoms with Crippen molar-refractivity contribution in [2.24, 2.45) is 0 Å². The Kier molecular flexibility index (Phi) is 9.94. The highest BCUT2D eigenvalue weighted by molar-refractivity contribution is 7.92. The van der Waals surface area contributed by atoms with Crippen LogP contribution in [0.25, 0.3) is 0 Å². The zero-order valence-corrected chi connectivity index (χ0v) is 23.7. The van der Waals surface area contributed by atoms with Gasteiger partial charge < -0.3 is 10.2 Å². The fourth-order valence-corrected chi connectivity index (χ4v) is 5.51. The molecular formula is C29H34ClN3O4S. The van der Waals surface area contributed by atoms with Crippen LogP contribution in [0.2, 0.25) is 5.02 Å². The van der Waals surface area contributed by atoms with E-state index in [1.807, 2.05) is 26.8 Å². The van der Waals surface area contributed by atoms with E-state index in [0.29, 0.717) is 16.3 Å². The molecule has 2 amide bonds. The van der Waals surface area contributed by atoms with Crippen LogP contribution in [0.4, 0.5) is 5.69 Å². The van der Waals surface area contributed by atoms with Crippen LogP contribution in [0.5, 0.6) is 0 Å². The van der Waals surface area contributed by atoms with Gasteiger partial charge in [0.1, 0.15) is 12.6 Å². The number of halogens is 1. The Hall–Kier alpha value is -3.36. The number of aryl methyl sites for hydroxylation is 1. The Balaban J connectivity index is 2.03. The van der Waals surface area contributed by atoms with Crippen molar-refractivity contribution in [2.75, 3.05) is 10.8 Å². The number of benzene rings is 3. The molecule has 2 atom stereocenters. The molecule has 0 saturated carbocycles. The van der Waals surface area contributed by atoms with Gasteiger partial charge in [-0.2, -0.15) is 0 Å². The molecule has 202 valence electrons. The zero-order chi connectivity index (χ0) is 27.9. The van der Waals surface area contributed by atoms with Crippen molar-refractivity contribution in [3.05, 3.63) is 95.0 Å². The second-order valence-electron chi connectivity index (χ2n) is 9.27. The molecule has 38 heavy (non-hydrogen) atoms. The normalized spacial score (nSPS) is 12.9. The number of rotatable bonds is 11. The Labute approximate surface area is 230 Å². The van der Waals surface area contributed by atoms with Gasteiger partial charge in [0.25, 0.3) is 10.0 Å². The van der Waals surface area contributed by atoms with Crippen LogP contribution in [0, 0.1) is 6.92 Å². The maximum absolute atomic E-state index is 13.9. The molecule has 0 fully saturated rings. The van der Waals surface area contributed by atoms with Gasteiger partial charge in [0.2, 0.25) is 11.8 Å². The monoisotopic (exact) mass is 555 g/mol. The Bertz CT molecular complexity index is 1370. The fraction of sp³-hybridized carbons (Fsp3) is 0.310. The lowest BCUT2D eigenvalue weighted by atomic mass is 10.1. The molecule has 0 aliphatic rings. The Morgan fingerprint density at radius 1 is 0.947 bits per heavy atom. The summed E-state index contributed by atoms with van der Waals surface area (Å²) in [6.45, 7) is 6.87. The molecular weight excluding hydrogens is 522 g/mol. The predicted octanol–water partition coefficient (Wildman–Crippen LogP) is 5.18. The minimum Gasteiger partial charge on any atom is -0.352 e. The number of hydrogen-bond acceptors (Lipinski definition) is 4. The minimum atomic E-state index is -4.09. The zero-order valence-electron chi connectivity index (χ0n) is 22.1. The molecule has 0 aliphatic carbocycles. The van der Waals surface area contributed by atoms with Crippen LogP contribution in [0.3, 0.4) is 0 Å². The first-order chi connectivity index (χ1) is 18.0. The van der Waals surface area contributed by atoms with Gasteiger partial charge in [0.05, 0.1) is 10.6 Å². The maximum atomic E-state index is 13.9. The average Bonchev–Trinajstić information content (AvgIpc) is 2.91. The van der Waals surface area contributed by atoms with Gasteiger partial charge in [-0.1, -0.05) is 67.1 Å². The predicted molar refractivity (Wildman–Crippen MR) is 152 cm³/mol. The second kappa shape index (κ2) is 12.9. The van der Waals surface area contributed by atoms with E-state index in [1.165, 1.54) is 17.0 Å². The lowest BCUT2D eigenvalue weighted by Crippen LogP contribution is -2.52. The summed E-state index contributed by atoms with van der Waals surface area (Å²) < 4.78 is 28.6. The van der Waals surface area contributed by atoms with Crippen molar-refractivity contribution in [3.63, 3.8) is 0 Å². The molecule has 7 nitrogen and oxygen atoms in total. The highest BCUT2D eigenvalue weighted by atomic mass is 35.5. The van der Waals surface area contributed by atoms with Gasteiger partial charge in [-0.05, 0) is 68.7 Å². The van der Waals surface area contributed by atoms with Crippen molar-refractivity contribution >= 4 is 39.1 Å². The molecule has 3 rings (SSSR count). The second-order valence-corrected chi connectivity index (χ2v) is 11.5. The van der Waals surface area contributed by atoms with E-state index in [9.17, 15) is 18.0 Å². The SMILES string of the molecule is CC[C@H](C)NC(=O)[C@@H](C)N(Cc1ccccc1Cl)C(=O)CN(c1cccc(C)c1)S(=O)(=O)c1ccccc1. The van der Waals surface area contributed by atoms with Crippen molar-refractivity contribution in [1.29, 1.82) is 0 Å². The standard InChI is InChI=1S/C29H34ClN3O4S/c1-5-22(3)31-29(35)23(4)32(19-24-13-9-10-17-27(24)30)28(34)20-33(25-14-11-12-21(2)18-25)38(36,37)26-15-7-6-8-16-26/h6-18,22-23H,5,19-20H2,1-4H3,(H,31,35)/t22-,23+/m0/s1. The molecule has 0 spiro atoms. The number of nitrogens with one attached hydrogen (secondary N) is 1. The number of carbonyl (C=O) groups is 2. The number of nitrogens with zero attached hydrogens (tertiary/aromatic N) is 2. The van der Waals surface area contributed by atoms with Gasteiger partial charge in [-0.3, -0.25) is 13.9 Å². The number of hydrogen-bond donors (Lipinski definition) is 1. The van der Waals surface area contributed by atoms with Gasteiger partial charge in [0, 0.05) is 17.6 Å². The van der Waals surface area contributed by atoms with E-state index in [2.05, 4.69) is 5.32 Å². The average molecular weight is 556 g/mol. The minimum absolute atomic E-state index is 0.0423. The third-order valence-electron chi connectivity index (χ3n) is 6.37. The van der Waals surface area contributed by atoms with Crippen LogP contribution < -0.4 is 9.62 Å². The van der Waals surface area contributed by atoms with Crippen LogP contribution in [-0.4, -0.2) is 43.8 Å². The lowest BCUT2D eigenvalue weighted by Gasteiger charge is -2.32. The largest absolute Gasteiger partial charge is 0.352 e. The Morgan fingerprint density at radius 3 is 2.24 bits per heavy atom. The molecule has 0 radical (unpaired) electrons. The van der Waals surface area contributed by atoms with Crippen LogP contribution >= 0.6 is 11.6 Å². The van der Waals surface area contributed by atoms with E-state index in [-0.39, 0.29) is 23.4 Å². The molecule has 0 unspecified atom stereocenters. The van der Waals surface area contributed by atoms with E-state index in [4.69, 9.17) is 11.6 Å². The summed E-state index contributed by atoms with van der Waals surface area (Å²) in [5, 5.41) is 3.37. The van der Waals surface area contributed by atoms with Crippen molar-refractivity contribution in [3.8, 4) is 0 Å². The van der Waals surface area contributed by atoms with Crippen LogP contribution in [0.15, 0.2) is 83.8 Å². The molecule has 0 aliphatic heterocycles. The van der Waals surface area contributed by atoms with Gasteiger partial charge >= 0.3 is 0 Å². The number of sulfonamides is 1. The van der Waals surface area contributed by atoms with E-state index in [0.717, 1.165) is 16.3 Å². The first kappa shape index (κ1) is 29.2. The fourth-order valence-electron chi connectivity index (χ4n) is 3.89. The third kappa shape index (κ3) is 7.14. The summed E-state index contributed by atoms with van der Waals surface area (Å²) in [5.41, 5.74) is 1.85. The summed E-state index contributed by atoms with van der Waals surface area (Å²) in [6, 6.07) is 21.1. The summed E-state index contributed by atoms with van der Waals surface area (Å²) in [7, 11) is -4.09. The van der Waals surface area contributed by atoms with E-state index in [1.54, 1.807) is 67.6 Å². The summed E-state index contributed by atoms with van der Waals surface area (Å²) in [6.07, 6.45) is 0.730. The maximum Gasteiger partial charge on any atom is 0.264 e. The third-order valence-corrected chi connectivity index (χ3v) is 8.52. The number of anilines is 1. The first-order valence-corrected chi connectivity index (χ1v) is 14.3. The van der Waals surface area contributed by atoms with Crippen LogP contribution in [-0.2, 0) is 26.2 Å². The molecule has 9 heteroatoms. The topological polar surface area (TPSA) is 86.8 Å². The summed E-state index contributed by atoms with van der Waals surface area (Å²) >= 11 is 6.39. The molecule has 3 aromatic rings. The number of carbonyl (C=O) groups excluding carboxylic acids is 2. The molecule has 0 bridgehead atoms. The lowest BCUT2D eigenvalue weighted by molar-refractivity contribution is -0.139. The van der Waals surface area contributed by atoms with Crippen molar-refractivity contribution in [1.82, 2.24) is 10.2 Å². The smallest absolute Gasteiger partial charge is 0.264 e. The summed E-state index contributed by atoms with van der Waals surface area (Å²) in [5.74, 6) is -0.856. The van der Waals surface area contributed by atoms with E-state index < -0.39 is 28.5 Å². The van der Waals surface area contributed by atoms with Crippen molar-refractivity contribution in [2.45, 2.75) is 57.6 Å². The van der Waals surface area contributed by atoms with Crippen LogP contribution in [0.1, 0.15) is 38.3 Å². The highest BCUT2D eigenvalue weighted by Gasteiger charge is 2.33. The van der Waals surface area contributed by atoms with Gasteiger partial charge in [-0.25, -0.2) is 8.42 Å².